The van der Waals surface area contributed by atoms with Crippen LogP contribution in [-0.2, 0) is 11.2 Å². The second kappa shape index (κ2) is 7.77. The highest BCUT2D eigenvalue weighted by molar-refractivity contribution is 7.13. The van der Waals surface area contributed by atoms with E-state index in [-0.39, 0.29) is 34.1 Å². The number of nitrogens with zero attached hydrogens (tertiary/aromatic N) is 2. The lowest BCUT2D eigenvalue weighted by molar-refractivity contribution is -0.115. The second-order valence-electron chi connectivity index (χ2n) is 5.93. The SMILES string of the molecule is Nc1nc(/C(=N/O)C(=O)N[C@H]2Cc3cc(C(=O)O)cc(C(=O)O)c3OB2O)cs1. The van der Waals surface area contributed by atoms with Crippen molar-refractivity contribution >= 4 is 47.1 Å². The molecule has 150 valence electrons. The highest BCUT2D eigenvalue weighted by Gasteiger charge is 2.39. The van der Waals surface area contributed by atoms with Crippen LogP contribution in [0, 0.1) is 0 Å². The Morgan fingerprint density at radius 2 is 2.03 bits per heavy atom. The normalized spacial score (nSPS) is 16.0. The number of carbonyl (C=O) groups excluding carboxylic acids is 1. The molecule has 14 heteroatoms. The molecular weight excluding hydrogens is 407 g/mol. The average Bonchev–Trinajstić information content (AvgIpc) is 3.07. The van der Waals surface area contributed by atoms with Crippen LogP contribution in [0.25, 0.3) is 0 Å². The van der Waals surface area contributed by atoms with Crippen LogP contribution in [0.5, 0.6) is 5.75 Å². The zero-order chi connectivity index (χ0) is 21.3. The van der Waals surface area contributed by atoms with Gasteiger partial charge in [0.25, 0.3) is 5.91 Å². The monoisotopic (exact) mass is 420 g/mol. The third kappa shape index (κ3) is 3.97. The first-order chi connectivity index (χ1) is 13.7. The molecule has 12 nitrogen and oxygen atoms in total. The number of oxime groups is 1. The largest absolute Gasteiger partial charge is 0.547 e. The van der Waals surface area contributed by atoms with Crippen molar-refractivity contribution in [1.82, 2.24) is 10.3 Å². The van der Waals surface area contributed by atoms with Crippen LogP contribution in [0.4, 0.5) is 5.13 Å². The van der Waals surface area contributed by atoms with Gasteiger partial charge in [-0.05, 0) is 24.1 Å². The number of rotatable bonds is 5. The Bertz CT molecular complexity index is 1040. The highest BCUT2D eigenvalue weighted by atomic mass is 32.1. The maximum absolute atomic E-state index is 12.4. The maximum Gasteiger partial charge on any atom is 0.547 e. The molecule has 0 unspecified atom stereocenters. The van der Waals surface area contributed by atoms with Gasteiger partial charge in [-0.1, -0.05) is 5.16 Å². The van der Waals surface area contributed by atoms with Gasteiger partial charge in [0.2, 0.25) is 0 Å². The standard InChI is InChI=1S/C15H13BN4O8S/c17-15-18-8(4-29-15)10(20-27)12(21)19-9-3-5-1-6(13(22)23)2-7(14(24)25)11(5)28-16(9)26/h1-2,4,9,26-27H,3H2,(H2,17,18)(H,19,21)(H,22,23)(H,24,25)/b20-10-/t9-/m0/s1. The van der Waals surface area contributed by atoms with E-state index in [1.807, 2.05) is 0 Å². The van der Waals surface area contributed by atoms with Gasteiger partial charge >= 0.3 is 19.1 Å². The Morgan fingerprint density at radius 3 is 2.59 bits per heavy atom. The number of benzene rings is 1. The second-order valence-corrected chi connectivity index (χ2v) is 6.82. The topological polar surface area (TPSA) is 205 Å². The molecule has 1 aliphatic rings. The molecule has 1 aromatic heterocycles. The Hall–Kier alpha value is -3.65. The number of aromatic carboxylic acids is 2. The summed E-state index contributed by atoms with van der Waals surface area (Å²) in [4.78, 5) is 38.9. The van der Waals surface area contributed by atoms with E-state index in [0.717, 1.165) is 17.4 Å². The van der Waals surface area contributed by atoms with Crippen LogP contribution in [0.3, 0.4) is 0 Å². The van der Waals surface area contributed by atoms with Crippen molar-refractivity contribution in [3.8, 4) is 5.75 Å². The zero-order valence-electron chi connectivity index (χ0n) is 14.4. The lowest BCUT2D eigenvalue weighted by Gasteiger charge is -2.29. The summed E-state index contributed by atoms with van der Waals surface area (Å²) in [5.74, 6) is -4.97. The smallest absolute Gasteiger partial charge is 0.534 e. The van der Waals surface area contributed by atoms with E-state index in [1.54, 1.807) is 0 Å². The van der Waals surface area contributed by atoms with Crippen LogP contribution in [0.15, 0.2) is 22.7 Å². The van der Waals surface area contributed by atoms with Gasteiger partial charge in [-0.2, -0.15) is 0 Å². The fraction of sp³-hybridized carbons (Fsp3) is 0.133. The van der Waals surface area contributed by atoms with Crippen molar-refractivity contribution in [2.75, 3.05) is 5.73 Å². The highest BCUT2D eigenvalue weighted by Crippen LogP contribution is 2.32. The minimum absolute atomic E-state index is 0.0143. The number of carboxylic acids is 2. The molecule has 0 radical (unpaired) electrons. The summed E-state index contributed by atoms with van der Waals surface area (Å²) < 4.78 is 5.23. The van der Waals surface area contributed by atoms with Crippen molar-refractivity contribution in [1.29, 1.82) is 0 Å². The summed E-state index contributed by atoms with van der Waals surface area (Å²) >= 11 is 1.02. The summed E-state index contributed by atoms with van der Waals surface area (Å²) in [6.45, 7) is 0. The molecule has 7 N–H and O–H groups in total. The van der Waals surface area contributed by atoms with E-state index in [9.17, 15) is 29.6 Å². The molecular formula is C15H13BN4O8S. The molecule has 0 aliphatic carbocycles. The number of aromatic nitrogens is 1. The Morgan fingerprint density at radius 1 is 1.31 bits per heavy atom. The molecule has 1 atom stereocenters. The van der Waals surface area contributed by atoms with E-state index in [2.05, 4.69) is 15.5 Å². The van der Waals surface area contributed by atoms with Crippen molar-refractivity contribution in [2.45, 2.75) is 12.4 Å². The number of thiazole rings is 1. The summed E-state index contributed by atoms with van der Waals surface area (Å²) in [7, 11) is -1.64. The predicted molar refractivity (Wildman–Crippen MR) is 99.4 cm³/mol. The van der Waals surface area contributed by atoms with Gasteiger partial charge in [-0.25, -0.2) is 14.6 Å². The summed E-state index contributed by atoms with van der Waals surface area (Å²) in [5.41, 5.74) is 4.49. The molecule has 1 amide bonds. The number of fused-ring (bicyclic) bond motifs is 1. The summed E-state index contributed by atoms with van der Waals surface area (Å²) in [6.07, 6.45) is -0.137. The Kier molecular flexibility index (Phi) is 5.38. The predicted octanol–water partition coefficient (Wildman–Crippen LogP) is -0.560. The molecule has 1 aliphatic heterocycles. The molecule has 0 spiro atoms. The molecule has 2 heterocycles. The van der Waals surface area contributed by atoms with E-state index in [1.165, 1.54) is 11.4 Å². The van der Waals surface area contributed by atoms with Crippen LogP contribution in [0.2, 0.25) is 0 Å². The number of anilines is 1. The summed E-state index contributed by atoms with van der Waals surface area (Å²) in [6, 6.07) is 2.11. The number of carboxylic acid groups (broad SMARTS) is 2. The van der Waals surface area contributed by atoms with Crippen molar-refractivity contribution in [3.63, 3.8) is 0 Å². The third-order valence-electron chi connectivity index (χ3n) is 4.06. The minimum Gasteiger partial charge on any atom is -0.534 e. The molecule has 2 aromatic rings. The zero-order valence-corrected chi connectivity index (χ0v) is 15.2. The van der Waals surface area contributed by atoms with E-state index in [0.29, 0.717) is 0 Å². The van der Waals surface area contributed by atoms with Gasteiger partial charge in [0, 0.05) is 5.38 Å². The van der Waals surface area contributed by atoms with E-state index >= 15 is 0 Å². The number of carbonyl (C=O) groups is 3. The maximum atomic E-state index is 12.4. The van der Waals surface area contributed by atoms with Crippen LogP contribution in [0.1, 0.15) is 32.0 Å². The van der Waals surface area contributed by atoms with Gasteiger partial charge < -0.3 is 36.1 Å². The molecule has 0 bridgehead atoms. The molecule has 0 saturated heterocycles. The number of hydrogen-bond acceptors (Lipinski definition) is 10. The molecule has 1 aromatic carbocycles. The average molecular weight is 420 g/mol. The first kappa shape index (κ1) is 20.1. The first-order valence-corrected chi connectivity index (χ1v) is 8.81. The third-order valence-corrected chi connectivity index (χ3v) is 4.74. The lowest BCUT2D eigenvalue weighted by atomic mass is 9.72. The minimum atomic E-state index is -1.64. The molecule has 0 saturated carbocycles. The van der Waals surface area contributed by atoms with Gasteiger partial charge in [0.1, 0.15) is 17.0 Å². The van der Waals surface area contributed by atoms with Gasteiger partial charge in [-0.3, -0.25) is 4.79 Å². The number of nitrogen functional groups attached to an aromatic ring is 1. The number of hydrogen-bond donors (Lipinski definition) is 6. The van der Waals surface area contributed by atoms with E-state index in [4.69, 9.17) is 15.6 Å². The number of nitrogens with two attached hydrogens (primary N) is 1. The molecule has 29 heavy (non-hydrogen) atoms. The van der Waals surface area contributed by atoms with Crippen molar-refractivity contribution in [2.24, 2.45) is 5.16 Å². The number of amides is 1. The van der Waals surface area contributed by atoms with Gasteiger partial charge in [0.05, 0.1) is 11.5 Å². The quantitative estimate of drug-likeness (QED) is 0.157. The van der Waals surface area contributed by atoms with Crippen LogP contribution >= 0.6 is 11.3 Å². The lowest BCUT2D eigenvalue weighted by Crippen LogP contribution is -2.54. The van der Waals surface area contributed by atoms with Crippen LogP contribution < -0.4 is 15.7 Å². The van der Waals surface area contributed by atoms with E-state index < -0.39 is 42.2 Å². The fourth-order valence-corrected chi connectivity index (χ4v) is 3.32. The molecule has 3 rings (SSSR count). The van der Waals surface area contributed by atoms with Crippen molar-refractivity contribution in [3.05, 3.63) is 39.9 Å². The summed E-state index contributed by atoms with van der Waals surface area (Å²) in [5, 5.41) is 44.6. The Labute approximate surface area is 166 Å². The fourth-order valence-electron chi connectivity index (χ4n) is 2.77. The number of nitrogens with one attached hydrogen (secondary N) is 1. The Balaban J connectivity index is 1.88. The van der Waals surface area contributed by atoms with Gasteiger partial charge in [0.15, 0.2) is 10.8 Å². The molecule has 0 fully saturated rings. The van der Waals surface area contributed by atoms with Gasteiger partial charge in [-0.15, -0.1) is 11.3 Å². The van der Waals surface area contributed by atoms with Crippen molar-refractivity contribution < 1.29 is 39.5 Å². The first-order valence-electron chi connectivity index (χ1n) is 7.93. The van der Waals surface area contributed by atoms with Crippen LogP contribution in [-0.4, -0.2) is 62.0 Å².